The Balaban J connectivity index is 1.66. The largest absolute Gasteiger partial charge is 0.507 e. The first-order valence-corrected chi connectivity index (χ1v) is 11.5. The molecule has 3 heterocycles. The van der Waals surface area contributed by atoms with Crippen molar-refractivity contribution in [3.05, 3.63) is 122 Å². The zero-order valence-electron chi connectivity index (χ0n) is 18.8. The van der Waals surface area contributed by atoms with E-state index in [1.165, 1.54) is 23.0 Å². The van der Waals surface area contributed by atoms with Crippen molar-refractivity contribution >= 4 is 33.5 Å². The van der Waals surface area contributed by atoms with E-state index in [1.54, 1.807) is 60.7 Å². The van der Waals surface area contributed by atoms with E-state index < -0.39 is 28.7 Å². The SMILES string of the molecule is O=c1oc2ccccc2c(O)c1C(c1cn(-c2ccc(Cl)cc2)nn1)c1c(O)c2ccccc2oc1=O. The number of nitrogens with zero attached hydrogens (tertiary/aromatic N) is 3. The highest BCUT2D eigenvalue weighted by Gasteiger charge is 2.34. The molecule has 0 radical (unpaired) electrons. The number of aromatic nitrogens is 3. The maximum absolute atomic E-state index is 13.2. The number of benzene rings is 3. The summed E-state index contributed by atoms with van der Waals surface area (Å²) in [6.45, 7) is 0. The van der Waals surface area contributed by atoms with Crippen molar-refractivity contribution in [2.24, 2.45) is 0 Å². The second-order valence-corrected chi connectivity index (χ2v) is 8.73. The zero-order chi connectivity index (χ0) is 25.7. The molecule has 0 aliphatic carbocycles. The molecule has 0 unspecified atom stereocenters. The number of para-hydroxylation sites is 2. The van der Waals surface area contributed by atoms with Gasteiger partial charge in [-0.1, -0.05) is 41.1 Å². The topological polar surface area (TPSA) is 132 Å². The quantitative estimate of drug-likeness (QED) is 0.323. The first kappa shape index (κ1) is 22.6. The number of hydrogen-bond donors (Lipinski definition) is 2. The van der Waals surface area contributed by atoms with Gasteiger partial charge in [0.2, 0.25) is 0 Å². The van der Waals surface area contributed by atoms with Crippen molar-refractivity contribution in [3.8, 4) is 17.2 Å². The molecule has 0 fully saturated rings. The van der Waals surface area contributed by atoms with E-state index in [0.717, 1.165) is 0 Å². The van der Waals surface area contributed by atoms with Gasteiger partial charge in [-0.2, -0.15) is 0 Å². The Kier molecular flexibility index (Phi) is 5.27. The number of rotatable bonds is 4. The first-order chi connectivity index (χ1) is 17.9. The van der Waals surface area contributed by atoms with Crippen LogP contribution in [0.3, 0.4) is 0 Å². The molecule has 0 spiro atoms. The highest BCUT2D eigenvalue weighted by molar-refractivity contribution is 6.30. The normalized spacial score (nSPS) is 11.5. The summed E-state index contributed by atoms with van der Waals surface area (Å²) in [5, 5.41) is 31.8. The van der Waals surface area contributed by atoms with Crippen LogP contribution in [-0.4, -0.2) is 25.2 Å². The molecule has 10 heteroatoms. The molecule has 0 saturated carbocycles. The molecule has 9 nitrogen and oxygen atoms in total. The van der Waals surface area contributed by atoms with Crippen molar-refractivity contribution in [3.63, 3.8) is 0 Å². The highest BCUT2D eigenvalue weighted by atomic mass is 35.5. The van der Waals surface area contributed by atoms with Crippen LogP contribution in [0.5, 0.6) is 11.5 Å². The van der Waals surface area contributed by atoms with E-state index >= 15 is 0 Å². The van der Waals surface area contributed by atoms with Gasteiger partial charge in [-0.05, 0) is 48.5 Å². The van der Waals surface area contributed by atoms with E-state index in [0.29, 0.717) is 10.7 Å². The van der Waals surface area contributed by atoms with Gasteiger partial charge in [0.1, 0.15) is 22.7 Å². The third-order valence-corrected chi connectivity index (χ3v) is 6.37. The molecule has 2 N–H and O–H groups in total. The van der Waals surface area contributed by atoms with Gasteiger partial charge < -0.3 is 19.0 Å². The molecule has 37 heavy (non-hydrogen) atoms. The standard InChI is InChI=1S/C27H16ClN3O6/c28-14-9-11-15(12-10-14)31-13-18(29-30-31)21(22-24(32)16-5-1-3-7-19(16)36-26(22)34)23-25(33)17-6-2-4-8-20(17)37-27(23)35/h1-13,21,32-33H. The van der Waals surface area contributed by atoms with Gasteiger partial charge in [0.05, 0.1) is 45.4 Å². The molecule has 0 atom stereocenters. The molecule has 0 aliphatic rings. The van der Waals surface area contributed by atoms with E-state index in [4.69, 9.17) is 20.4 Å². The fourth-order valence-corrected chi connectivity index (χ4v) is 4.50. The zero-order valence-corrected chi connectivity index (χ0v) is 19.6. The molecular weight excluding hydrogens is 498 g/mol. The fourth-order valence-electron chi connectivity index (χ4n) is 4.37. The van der Waals surface area contributed by atoms with Crippen molar-refractivity contribution < 1.29 is 19.0 Å². The summed E-state index contributed by atoms with van der Waals surface area (Å²) in [6.07, 6.45) is 1.48. The molecule has 0 bridgehead atoms. The van der Waals surface area contributed by atoms with Crippen LogP contribution in [-0.2, 0) is 0 Å². The lowest BCUT2D eigenvalue weighted by Crippen LogP contribution is -2.21. The average Bonchev–Trinajstić information content (AvgIpc) is 3.38. The van der Waals surface area contributed by atoms with Gasteiger partial charge in [-0.15, -0.1) is 5.10 Å². The molecular formula is C27H16ClN3O6. The highest BCUT2D eigenvalue weighted by Crippen LogP contribution is 2.41. The minimum atomic E-state index is -1.37. The van der Waals surface area contributed by atoms with Gasteiger partial charge in [-0.25, -0.2) is 14.3 Å². The Morgan fingerprint density at radius 2 is 1.27 bits per heavy atom. The Labute approximate surface area is 212 Å². The lowest BCUT2D eigenvalue weighted by Gasteiger charge is -2.17. The first-order valence-electron chi connectivity index (χ1n) is 11.1. The van der Waals surface area contributed by atoms with Gasteiger partial charge in [0, 0.05) is 5.02 Å². The maximum Gasteiger partial charge on any atom is 0.344 e. The third-order valence-electron chi connectivity index (χ3n) is 6.12. The molecule has 6 aromatic rings. The van der Waals surface area contributed by atoms with E-state index in [-0.39, 0.29) is 38.8 Å². The summed E-state index contributed by atoms with van der Waals surface area (Å²) >= 11 is 5.99. The Bertz CT molecular complexity index is 1820. The van der Waals surface area contributed by atoms with Crippen LogP contribution in [0, 0.1) is 0 Å². The summed E-state index contributed by atoms with van der Waals surface area (Å²) in [5.41, 5.74) is -1.39. The summed E-state index contributed by atoms with van der Waals surface area (Å²) in [4.78, 5) is 26.5. The Morgan fingerprint density at radius 3 is 1.81 bits per heavy atom. The number of aromatic hydroxyl groups is 2. The smallest absolute Gasteiger partial charge is 0.344 e. The van der Waals surface area contributed by atoms with Crippen molar-refractivity contribution in [1.29, 1.82) is 0 Å². The van der Waals surface area contributed by atoms with Gasteiger partial charge in [-0.3, -0.25) is 0 Å². The number of halogens is 1. The fraction of sp³-hybridized carbons (Fsp3) is 0.0370. The minimum absolute atomic E-state index is 0.0886. The Morgan fingerprint density at radius 1 is 0.757 bits per heavy atom. The van der Waals surface area contributed by atoms with Gasteiger partial charge in [0.25, 0.3) is 0 Å². The maximum atomic E-state index is 13.2. The van der Waals surface area contributed by atoms with Crippen LogP contribution >= 0.6 is 11.6 Å². The monoisotopic (exact) mass is 513 g/mol. The van der Waals surface area contributed by atoms with Gasteiger partial charge in [0.15, 0.2) is 0 Å². The predicted molar refractivity (Wildman–Crippen MR) is 136 cm³/mol. The van der Waals surface area contributed by atoms with Crippen molar-refractivity contribution in [1.82, 2.24) is 15.0 Å². The summed E-state index contributed by atoms with van der Waals surface area (Å²) in [5.74, 6) is -2.20. The van der Waals surface area contributed by atoms with Crippen LogP contribution in [0.25, 0.3) is 27.6 Å². The van der Waals surface area contributed by atoms with Crippen LogP contribution < -0.4 is 11.3 Å². The number of hydrogen-bond acceptors (Lipinski definition) is 8. The van der Waals surface area contributed by atoms with E-state index in [1.807, 2.05) is 0 Å². The van der Waals surface area contributed by atoms with Gasteiger partial charge >= 0.3 is 11.3 Å². The van der Waals surface area contributed by atoms with Crippen LogP contribution in [0.15, 0.2) is 97.4 Å². The Hall–Kier alpha value is -4.89. The van der Waals surface area contributed by atoms with Crippen LogP contribution in [0.2, 0.25) is 5.02 Å². The molecule has 3 aromatic heterocycles. The molecule has 182 valence electrons. The average molecular weight is 514 g/mol. The minimum Gasteiger partial charge on any atom is -0.507 e. The lowest BCUT2D eigenvalue weighted by molar-refractivity contribution is 0.440. The molecule has 0 aliphatic heterocycles. The number of fused-ring (bicyclic) bond motifs is 2. The van der Waals surface area contributed by atoms with E-state index in [2.05, 4.69) is 10.3 Å². The summed E-state index contributed by atoms with van der Waals surface area (Å²) in [6, 6.07) is 19.6. The third kappa shape index (κ3) is 3.73. The van der Waals surface area contributed by atoms with E-state index in [9.17, 15) is 19.8 Å². The van der Waals surface area contributed by atoms with Crippen molar-refractivity contribution in [2.45, 2.75) is 5.92 Å². The molecule has 6 rings (SSSR count). The molecule has 0 amide bonds. The second kappa shape index (κ2) is 8.65. The molecule has 3 aromatic carbocycles. The van der Waals surface area contributed by atoms with Crippen LogP contribution in [0.1, 0.15) is 22.7 Å². The second-order valence-electron chi connectivity index (χ2n) is 8.29. The van der Waals surface area contributed by atoms with Crippen LogP contribution in [0.4, 0.5) is 0 Å². The summed E-state index contributed by atoms with van der Waals surface area (Å²) in [7, 11) is 0. The lowest BCUT2D eigenvalue weighted by atomic mass is 9.88. The predicted octanol–water partition coefficient (Wildman–Crippen LogP) is 4.72. The molecule has 0 saturated heterocycles. The summed E-state index contributed by atoms with van der Waals surface area (Å²) < 4.78 is 12.4. The van der Waals surface area contributed by atoms with Crippen molar-refractivity contribution in [2.75, 3.05) is 0 Å².